The number of hydrogen-bond acceptors (Lipinski definition) is 4. The summed E-state index contributed by atoms with van der Waals surface area (Å²) in [6, 6.07) is 9.41. The SMILES string of the molecule is CON[C@H](c1ccccc1)C(C)(C)C(=O)OC. The predicted molar refractivity (Wildman–Crippen MR) is 65.1 cm³/mol. The molecule has 0 saturated heterocycles. The highest BCUT2D eigenvalue weighted by molar-refractivity contribution is 5.77. The molecule has 17 heavy (non-hydrogen) atoms. The molecule has 1 atom stereocenters. The van der Waals surface area contributed by atoms with E-state index in [1.165, 1.54) is 14.2 Å². The van der Waals surface area contributed by atoms with E-state index in [9.17, 15) is 4.79 Å². The van der Waals surface area contributed by atoms with E-state index in [2.05, 4.69) is 5.48 Å². The summed E-state index contributed by atoms with van der Waals surface area (Å²) < 4.78 is 4.83. The number of ether oxygens (including phenoxy) is 1. The highest BCUT2D eigenvalue weighted by atomic mass is 16.6. The van der Waals surface area contributed by atoms with Gasteiger partial charge in [-0.05, 0) is 19.4 Å². The van der Waals surface area contributed by atoms with Crippen molar-refractivity contribution in [1.29, 1.82) is 0 Å². The lowest BCUT2D eigenvalue weighted by Gasteiger charge is -2.31. The van der Waals surface area contributed by atoms with Crippen molar-refractivity contribution in [2.24, 2.45) is 5.41 Å². The zero-order valence-corrected chi connectivity index (χ0v) is 10.7. The third-order valence-electron chi connectivity index (χ3n) is 2.80. The first kappa shape index (κ1) is 13.7. The van der Waals surface area contributed by atoms with Crippen molar-refractivity contribution in [2.45, 2.75) is 19.9 Å². The van der Waals surface area contributed by atoms with Crippen LogP contribution in [0.2, 0.25) is 0 Å². The number of hydroxylamine groups is 1. The highest BCUT2D eigenvalue weighted by Crippen LogP contribution is 2.34. The fourth-order valence-corrected chi connectivity index (χ4v) is 1.78. The molecule has 94 valence electrons. The second kappa shape index (κ2) is 5.80. The second-order valence-electron chi connectivity index (χ2n) is 4.38. The number of benzene rings is 1. The Morgan fingerprint density at radius 2 is 1.82 bits per heavy atom. The minimum Gasteiger partial charge on any atom is -0.469 e. The van der Waals surface area contributed by atoms with Crippen molar-refractivity contribution in [1.82, 2.24) is 5.48 Å². The summed E-state index contributed by atoms with van der Waals surface area (Å²) in [5, 5.41) is 0. The fourth-order valence-electron chi connectivity index (χ4n) is 1.78. The number of methoxy groups -OCH3 is 1. The van der Waals surface area contributed by atoms with Crippen LogP contribution >= 0.6 is 0 Å². The van der Waals surface area contributed by atoms with Gasteiger partial charge in [0.25, 0.3) is 0 Å². The summed E-state index contributed by atoms with van der Waals surface area (Å²) in [5.41, 5.74) is 3.11. The molecule has 0 unspecified atom stereocenters. The van der Waals surface area contributed by atoms with Gasteiger partial charge in [0.05, 0.1) is 25.7 Å². The van der Waals surface area contributed by atoms with Gasteiger partial charge in [-0.25, -0.2) is 0 Å². The minimum absolute atomic E-state index is 0.263. The molecular weight excluding hydrogens is 218 g/mol. The number of nitrogens with one attached hydrogen (secondary N) is 1. The lowest BCUT2D eigenvalue weighted by molar-refractivity contribution is -0.155. The van der Waals surface area contributed by atoms with Crippen LogP contribution < -0.4 is 5.48 Å². The van der Waals surface area contributed by atoms with Gasteiger partial charge in [0.1, 0.15) is 0 Å². The Bertz CT molecular complexity index is 362. The number of hydrogen-bond donors (Lipinski definition) is 1. The van der Waals surface area contributed by atoms with Crippen LogP contribution in [0.1, 0.15) is 25.5 Å². The van der Waals surface area contributed by atoms with Gasteiger partial charge in [0.15, 0.2) is 0 Å². The molecule has 0 heterocycles. The number of carbonyl (C=O) groups excluding carboxylic acids is 1. The first-order chi connectivity index (χ1) is 8.04. The maximum absolute atomic E-state index is 11.8. The molecule has 0 aliphatic rings. The monoisotopic (exact) mass is 237 g/mol. The summed E-state index contributed by atoms with van der Waals surface area (Å²) in [5.74, 6) is -0.282. The Morgan fingerprint density at radius 3 is 2.29 bits per heavy atom. The molecule has 0 bridgehead atoms. The maximum atomic E-state index is 11.8. The molecule has 1 aromatic carbocycles. The van der Waals surface area contributed by atoms with E-state index in [1.54, 1.807) is 0 Å². The van der Waals surface area contributed by atoms with E-state index in [0.717, 1.165) is 5.56 Å². The zero-order valence-electron chi connectivity index (χ0n) is 10.7. The fraction of sp³-hybridized carbons (Fsp3) is 0.462. The van der Waals surface area contributed by atoms with Crippen LogP contribution in [-0.4, -0.2) is 20.2 Å². The van der Waals surface area contributed by atoms with E-state index in [4.69, 9.17) is 9.57 Å². The molecule has 4 nitrogen and oxygen atoms in total. The third kappa shape index (κ3) is 3.05. The van der Waals surface area contributed by atoms with Gasteiger partial charge < -0.3 is 9.57 Å². The van der Waals surface area contributed by atoms with Gasteiger partial charge >= 0.3 is 5.97 Å². The van der Waals surface area contributed by atoms with Crippen molar-refractivity contribution in [3.05, 3.63) is 35.9 Å². The summed E-state index contributed by atoms with van der Waals surface area (Å²) in [6.07, 6.45) is 0. The molecule has 1 rings (SSSR count). The average Bonchev–Trinajstić information content (AvgIpc) is 2.35. The Morgan fingerprint density at radius 1 is 1.24 bits per heavy atom. The van der Waals surface area contributed by atoms with Gasteiger partial charge in [-0.15, -0.1) is 0 Å². The molecule has 4 heteroatoms. The second-order valence-corrected chi connectivity index (χ2v) is 4.38. The largest absolute Gasteiger partial charge is 0.469 e. The molecule has 0 radical (unpaired) electrons. The first-order valence-corrected chi connectivity index (χ1v) is 5.46. The highest BCUT2D eigenvalue weighted by Gasteiger charge is 2.39. The van der Waals surface area contributed by atoms with Crippen LogP contribution in [0, 0.1) is 5.41 Å². The minimum atomic E-state index is -0.716. The number of esters is 1. The van der Waals surface area contributed by atoms with Crippen molar-refractivity contribution < 1.29 is 14.4 Å². The van der Waals surface area contributed by atoms with Gasteiger partial charge in [-0.1, -0.05) is 30.3 Å². The van der Waals surface area contributed by atoms with Crippen LogP contribution in [0.25, 0.3) is 0 Å². The first-order valence-electron chi connectivity index (χ1n) is 5.46. The van der Waals surface area contributed by atoms with Crippen LogP contribution in [0.5, 0.6) is 0 Å². The zero-order chi connectivity index (χ0) is 12.9. The Kier molecular flexibility index (Phi) is 4.66. The smallest absolute Gasteiger partial charge is 0.313 e. The lowest BCUT2D eigenvalue weighted by Crippen LogP contribution is -2.40. The summed E-state index contributed by atoms with van der Waals surface area (Å²) >= 11 is 0. The van der Waals surface area contributed by atoms with Gasteiger partial charge in [-0.3, -0.25) is 4.79 Å². The Hall–Kier alpha value is -1.39. The van der Waals surface area contributed by atoms with Crippen LogP contribution in [0.15, 0.2) is 30.3 Å². The predicted octanol–water partition coefficient (Wildman–Crippen LogP) is 2.08. The molecule has 0 aliphatic heterocycles. The quantitative estimate of drug-likeness (QED) is 0.629. The van der Waals surface area contributed by atoms with Gasteiger partial charge in [-0.2, -0.15) is 5.48 Å². The van der Waals surface area contributed by atoms with Crippen molar-refractivity contribution >= 4 is 5.97 Å². The van der Waals surface area contributed by atoms with Gasteiger partial charge in [0, 0.05) is 0 Å². The van der Waals surface area contributed by atoms with Crippen LogP contribution in [0.3, 0.4) is 0 Å². The van der Waals surface area contributed by atoms with Crippen molar-refractivity contribution in [2.75, 3.05) is 14.2 Å². The molecule has 0 fully saturated rings. The molecular formula is C13H19NO3. The maximum Gasteiger partial charge on any atom is 0.313 e. The molecule has 1 N–H and O–H groups in total. The molecule has 0 aliphatic carbocycles. The summed E-state index contributed by atoms with van der Waals surface area (Å²) in [4.78, 5) is 16.8. The standard InChI is InChI=1S/C13H19NO3/c1-13(2,12(15)16-3)11(14-17-4)10-8-6-5-7-9-10/h5-9,11,14H,1-4H3/t11-/m1/s1. The Labute approximate surface area is 102 Å². The van der Waals surface area contributed by atoms with Crippen molar-refractivity contribution in [3.8, 4) is 0 Å². The van der Waals surface area contributed by atoms with Crippen molar-refractivity contribution in [3.63, 3.8) is 0 Å². The topological polar surface area (TPSA) is 47.6 Å². The average molecular weight is 237 g/mol. The lowest BCUT2D eigenvalue weighted by atomic mass is 9.81. The van der Waals surface area contributed by atoms with E-state index in [-0.39, 0.29) is 12.0 Å². The number of carbonyl (C=O) groups is 1. The number of rotatable bonds is 5. The molecule has 0 aromatic heterocycles. The van der Waals surface area contributed by atoms with E-state index in [0.29, 0.717) is 0 Å². The Balaban J connectivity index is 3.05. The van der Waals surface area contributed by atoms with Gasteiger partial charge in [0.2, 0.25) is 0 Å². The van der Waals surface area contributed by atoms with E-state index >= 15 is 0 Å². The van der Waals surface area contributed by atoms with E-state index < -0.39 is 5.41 Å². The summed E-state index contributed by atoms with van der Waals surface area (Å²) in [6.45, 7) is 3.64. The molecule has 0 saturated carbocycles. The van der Waals surface area contributed by atoms with Crippen LogP contribution in [-0.2, 0) is 14.4 Å². The molecule has 0 amide bonds. The third-order valence-corrected chi connectivity index (χ3v) is 2.80. The summed E-state index contributed by atoms with van der Waals surface area (Å²) in [7, 11) is 2.92. The van der Waals surface area contributed by atoms with E-state index in [1.807, 2.05) is 44.2 Å². The molecule has 0 spiro atoms. The van der Waals surface area contributed by atoms with Crippen LogP contribution in [0.4, 0.5) is 0 Å². The normalized spacial score (nSPS) is 13.2. The molecule has 1 aromatic rings.